The van der Waals surface area contributed by atoms with Crippen LogP contribution >= 0.6 is 7.60 Å². The predicted molar refractivity (Wildman–Crippen MR) is 52.4 cm³/mol. The van der Waals surface area contributed by atoms with E-state index in [1.807, 2.05) is 0 Å². The van der Waals surface area contributed by atoms with Gasteiger partial charge in [-0.05, 0) is 24.3 Å². The molecule has 76 valence electrons. The molecule has 14 heavy (non-hydrogen) atoms. The maximum atomic E-state index is 10.8. The van der Waals surface area contributed by atoms with E-state index in [9.17, 15) is 9.36 Å². The van der Waals surface area contributed by atoms with Crippen molar-refractivity contribution in [3.63, 3.8) is 0 Å². The molecule has 0 bridgehead atoms. The molecule has 1 aromatic rings. The lowest BCUT2D eigenvalue weighted by atomic mass is 10.3. The molecule has 0 aliphatic carbocycles. The summed E-state index contributed by atoms with van der Waals surface area (Å²) >= 11 is 0. The lowest BCUT2D eigenvalue weighted by Gasteiger charge is -2.05. The Morgan fingerprint density at radius 1 is 1.29 bits per heavy atom. The molecule has 0 heterocycles. The van der Waals surface area contributed by atoms with Crippen LogP contribution in [0.3, 0.4) is 0 Å². The van der Waals surface area contributed by atoms with Gasteiger partial charge in [0, 0.05) is 12.6 Å². The molecular formula is C8H10NO4P. The average molecular weight is 215 g/mol. The Morgan fingerprint density at radius 3 is 2.14 bits per heavy atom. The van der Waals surface area contributed by atoms with E-state index in [4.69, 9.17) is 9.79 Å². The molecule has 6 heteroatoms. The fraction of sp³-hybridized carbons (Fsp3) is 0.125. The summed E-state index contributed by atoms with van der Waals surface area (Å²) in [6, 6.07) is 5.45. The van der Waals surface area contributed by atoms with Crippen LogP contribution in [0.15, 0.2) is 24.3 Å². The van der Waals surface area contributed by atoms with Gasteiger partial charge in [-0.3, -0.25) is 9.36 Å². The van der Waals surface area contributed by atoms with Crippen LogP contribution in [-0.4, -0.2) is 15.7 Å². The van der Waals surface area contributed by atoms with Crippen molar-refractivity contribution in [2.24, 2.45) is 0 Å². The van der Waals surface area contributed by atoms with E-state index in [0.29, 0.717) is 5.69 Å². The van der Waals surface area contributed by atoms with Crippen LogP contribution < -0.4 is 10.6 Å². The fourth-order valence-electron chi connectivity index (χ4n) is 0.942. The summed E-state index contributed by atoms with van der Waals surface area (Å²) in [5.41, 5.74) is 0.509. The van der Waals surface area contributed by atoms with E-state index in [1.54, 1.807) is 0 Å². The first-order valence-electron chi connectivity index (χ1n) is 3.83. The van der Waals surface area contributed by atoms with Gasteiger partial charge in [-0.2, -0.15) is 0 Å². The normalized spacial score (nSPS) is 11.1. The van der Waals surface area contributed by atoms with Crippen LogP contribution in [0.4, 0.5) is 5.69 Å². The molecule has 0 radical (unpaired) electrons. The van der Waals surface area contributed by atoms with E-state index in [0.717, 1.165) is 0 Å². The Kier molecular flexibility index (Phi) is 3.06. The highest BCUT2D eigenvalue weighted by Crippen LogP contribution is 2.33. The van der Waals surface area contributed by atoms with Crippen molar-refractivity contribution < 1.29 is 19.1 Å². The van der Waals surface area contributed by atoms with Gasteiger partial charge < -0.3 is 15.1 Å². The van der Waals surface area contributed by atoms with Crippen LogP contribution in [-0.2, 0) is 9.36 Å². The Morgan fingerprint density at radius 2 is 1.79 bits per heavy atom. The van der Waals surface area contributed by atoms with Crippen LogP contribution in [0, 0.1) is 0 Å². The lowest BCUT2D eigenvalue weighted by Crippen LogP contribution is -2.08. The minimum atomic E-state index is -4.18. The number of hydrogen-bond acceptors (Lipinski definition) is 2. The van der Waals surface area contributed by atoms with Crippen LogP contribution in [0.25, 0.3) is 0 Å². The average Bonchev–Trinajstić information content (AvgIpc) is 2.02. The highest BCUT2D eigenvalue weighted by molar-refractivity contribution is 7.60. The number of benzene rings is 1. The number of carbonyl (C=O) groups excluding carboxylic acids is 1. The van der Waals surface area contributed by atoms with Gasteiger partial charge in [-0.15, -0.1) is 0 Å². The van der Waals surface area contributed by atoms with Gasteiger partial charge in [0.1, 0.15) is 0 Å². The number of amides is 1. The number of carbonyl (C=O) groups is 1. The Hall–Kier alpha value is -1.16. The molecular weight excluding hydrogens is 205 g/mol. The van der Waals surface area contributed by atoms with E-state index < -0.39 is 7.60 Å². The Bertz CT molecular complexity index is 381. The molecule has 0 atom stereocenters. The summed E-state index contributed by atoms with van der Waals surface area (Å²) in [6.07, 6.45) is 0. The topological polar surface area (TPSA) is 86.6 Å². The van der Waals surface area contributed by atoms with Crippen molar-refractivity contribution >= 4 is 24.5 Å². The number of hydrogen-bond donors (Lipinski definition) is 3. The quantitative estimate of drug-likeness (QED) is 0.625. The molecule has 1 rings (SSSR count). The first-order valence-corrected chi connectivity index (χ1v) is 5.44. The smallest absolute Gasteiger partial charge is 0.326 e. The molecule has 3 N–H and O–H groups in total. The molecule has 0 aromatic heterocycles. The van der Waals surface area contributed by atoms with Gasteiger partial charge in [-0.1, -0.05) is 0 Å². The largest absolute Gasteiger partial charge is 0.356 e. The van der Waals surface area contributed by atoms with Crippen molar-refractivity contribution in [1.82, 2.24) is 0 Å². The van der Waals surface area contributed by atoms with Crippen molar-refractivity contribution in [1.29, 1.82) is 0 Å². The van der Waals surface area contributed by atoms with Gasteiger partial charge in [-0.25, -0.2) is 0 Å². The fourth-order valence-corrected chi connectivity index (χ4v) is 1.48. The predicted octanol–water partition coefficient (Wildman–Crippen LogP) is 0.448. The zero-order valence-corrected chi connectivity index (χ0v) is 8.36. The molecule has 0 aliphatic rings. The van der Waals surface area contributed by atoms with Gasteiger partial charge in [0.2, 0.25) is 5.91 Å². The molecule has 1 aromatic carbocycles. The molecule has 0 fully saturated rings. The van der Waals surface area contributed by atoms with E-state index >= 15 is 0 Å². The Balaban J connectivity index is 2.89. The van der Waals surface area contributed by atoms with Crippen LogP contribution in [0.5, 0.6) is 0 Å². The Labute approximate surface area is 80.9 Å². The third kappa shape index (κ3) is 2.96. The summed E-state index contributed by atoms with van der Waals surface area (Å²) < 4.78 is 10.8. The SMILES string of the molecule is CC(=O)Nc1ccc(P(=O)(O)O)cc1. The standard InChI is InChI=1S/C8H10NO4P/c1-6(10)9-7-2-4-8(5-3-7)14(11,12)13/h2-5H,1H3,(H,9,10)(H2,11,12,13). The maximum absolute atomic E-state index is 10.8. The maximum Gasteiger partial charge on any atom is 0.356 e. The molecule has 1 amide bonds. The number of rotatable bonds is 2. The molecule has 0 aliphatic heterocycles. The van der Waals surface area contributed by atoms with Gasteiger partial charge in [0.25, 0.3) is 0 Å². The monoisotopic (exact) mass is 215 g/mol. The van der Waals surface area contributed by atoms with Crippen molar-refractivity contribution in [2.75, 3.05) is 5.32 Å². The minimum absolute atomic E-state index is 0.0633. The second kappa shape index (κ2) is 3.92. The second-order valence-electron chi connectivity index (χ2n) is 2.77. The van der Waals surface area contributed by atoms with Crippen molar-refractivity contribution in [3.8, 4) is 0 Å². The van der Waals surface area contributed by atoms with Gasteiger partial charge in [0.15, 0.2) is 0 Å². The zero-order chi connectivity index (χ0) is 10.8. The molecule has 0 saturated carbocycles. The van der Waals surface area contributed by atoms with Crippen molar-refractivity contribution in [2.45, 2.75) is 6.92 Å². The summed E-state index contributed by atoms with van der Waals surface area (Å²) in [4.78, 5) is 28.2. The highest BCUT2D eigenvalue weighted by Gasteiger charge is 2.15. The number of nitrogens with one attached hydrogen (secondary N) is 1. The van der Waals surface area contributed by atoms with Crippen LogP contribution in [0.2, 0.25) is 0 Å². The van der Waals surface area contributed by atoms with Crippen molar-refractivity contribution in [3.05, 3.63) is 24.3 Å². The third-order valence-corrected chi connectivity index (χ3v) is 2.49. The second-order valence-corrected chi connectivity index (χ2v) is 4.38. The summed E-state index contributed by atoms with van der Waals surface area (Å²) in [5.74, 6) is -0.228. The molecule has 0 spiro atoms. The minimum Gasteiger partial charge on any atom is -0.326 e. The van der Waals surface area contributed by atoms with E-state index in [2.05, 4.69) is 5.32 Å². The van der Waals surface area contributed by atoms with Gasteiger partial charge in [0.05, 0.1) is 5.30 Å². The number of anilines is 1. The van der Waals surface area contributed by atoms with Crippen LogP contribution in [0.1, 0.15) is 6.92 Å². The summed E-state index contributed by atoms with van der Waals surface area (Å²) in [7, 11) is -4.18. The first kappa shape index (κ1) is 10.9. The van der Waals surface area contributed by atoms with Gasteiger partial charge >= 0.3 is 7.60 Å². The zero-order valence-electron chi connectivity index (χ0n) is 7.47. The third-order valence-electron chi connectivity index (χ3n) is 1.52. The summed E-state index contributed by atoms with van der Waals surface area (Å²) in [6.45, 7) is 1.36. The molecule has 0 saturated heterocycles. The lowest BCUT2D eigenvalue weighted by molar-refractivity contribution is -0.114. The highest BCUT2D eigenvalue weighted by atomic mass is 31.2. The first-order chi connectivity index (χ1) is 6.39. The van der Waals surface area contributed by atoms with E-state index in [-0.39, 0.29) is 11.2 Å². The molecule has 5 nitrogen and oxygen atoms in total. The van der Waals surface area contributed by atoms with E-state index in [1.165, 1.54) is 31.2 Å². The molecule has 0 unspecified atom stereocenters. The summed E-state index contributed by atoms with van der Waals surface area (Å²) in [5, 5.41) is 2.43.